The van der Waals surface area contributed by atoms with Crippen molar-refractivity contribution < 1.29 is 4.79 Å². The van der Waals surface area contributed by atoms with Gasteiger partial charge in [0.1, 0.15) is 0 Å². The molecule has 1 N–H and O–H groups in total. The number of hydrogen-bond acceptors (Lipinski definition) is 2. The number of amides is 1. The molecule has 1 saturated heterocycles. The standard InChI is InChI=1S/C15H21BrN2O/c16-13-8-4-5-9-14(13)17-15(19)12-18-10-6-2-1-3-7-11-18/h4-5,8-9H,1-3,6-7,10-12H2,(H,17,19). The Morgan fingerprint density at radius 1 is 1.11 bits per heavy atom. The van der Waals surface area contributed by atoms with Gasteiger partial charge in [-0.25, -0.2) is 0 Å². The smallest absolute Gasteiger partial charge is 0.238 e. The molecule has 19 heavy (non-hydrogen) atoms. The first-order valence-corrected chi connectivity index (χ1v) is 7.82. The topological polar surface area (TPSA) is 32.3 Å². The molecule has 0 unspecified atom stereocenters. The van der Waals surface area contributed by atoms with Crippen LogP contribution in [0.1, 0.15) is 32.1 Å². The molecule has 1 aliphatic rings. The Hall–Kier alpha value is -0.870. The maximum Gasteiger partial charge on any atom is 0.238 e. The predicted octanol–water partition coefficient (Wildman–Crippen LogP) is 3.65. The van der Waals surface area contributed by atoms with Crippen LogP contribution in [0.2, 0.25) is 0 Å². The van der Waals surface area contributed by atoms with Gasteiger partial charge in [0, 0.05) is 4.47 Å². The van der Waals surface area contributed by atoms with Gasteiger partial charge in [-0.1, -0.05) is 31.4 Å². The van der Waals surface area contributed by atoms with Gasteiger partial charge in [-0.15, -0.1) is 0 Å². The lowest BCUT2D eigenvalue weighted by atomic mass is 10.1. The molecule has 2 rings (SSSR count). The molecule has 1 aromatic carbocycles. The lowest BCUT2D eigenvalue weighted by Crippen LogP contribution is -2.35. The van der Waals surface area contributed by atoms with Gasteiger partial charge in [0.2, 0.25) is 5.91 Å². The number of likely N-dealkylation sites (tertiary alicyclic amines) is 1. The number of nitrogens with zero attached hydrogens (tertiary/aromatic N) is 1. The molecule has 0 radical (unpaired) electrons. The quantitative estimate of drug-likeness (QED) is 0.920. The van der Waals surface area contributed by atoms with Crippen molar-refractivity contribution in [3.63, 3.8) is 0 Å². The largest absolute Gasteiger partial charge is 0.324 e. The number of para-hydroxylation sites is 1. The first kappa shape index (κ1) is 14.5. The maximum absolute atomic E-state index is 12.1. The highest BCUT2D eigenvalue weighted by Crippen LogP contribution is 2.21. The van der Waals surface area contributed by atoms with Crippen LogP contribution in [0.5, 0.6) is 0 Å². The molecular weight excluding hydrogens is 304 g/mol. The van der Waals surface area contributed by atoms with E-state index in [-0.39, 0.29) is 5.91 Å². The molecule has 1 aromatic rings. The minimum absolute atomic E-state index is 0.0764. The van der Waals surface area contributed by atoms with Crippen LogP contribution >= 0.6 is 15.9 Å². The van der Waals surface area contributed by atoms with Crippen molar-refractivity contribution in [3.8, 4) is 0 Å². The molecule has 1 heterocycles. The van der Waals surface area contributed by atoms with Crippen LogP contribution in [-0.4, -0.2) is 30.4 Å². The van der Waals surface area contributed by atoms with Crippen molar-refractivity contribution in [2.45, 2.75) is 32.1 Å². The molecule has 0 spiro atoms. The molecule has 1 fully saturated rings. The number of carbonyl (C=O) groups excluding carboxylic acids is 1. The fourth-order valence-corrected chi connectivity index (χ4v) is 2.81. The van der Waals surface area contributed by atoms with Gasteiger partial charge >= 0.3 is 0 Å². The third-order valence-corrected chi connectivity index (χ3v) is 4.16. The van der Waals surface area contributed by atoms with Crippen LogP contribution in [0, 0.1) is 0 Å². The van der Waals surface area contributed by atoms with E-state index in [0.717, 1.165) is 23.2 Å². The van der Waals surface area contributed by atoms with Gasteiger partial charge in [0.25, 0.3) is 0 Å². The minimum Gasteiger partial charge on any atom is -0.324 e. The van der Waals surface area contributed by atoms with Crippen molar-refractivity contribution in [2.24, 2.45) is 0 Å². The summed E-state index contributed by atoms with van der Waals surface area (Å²) < 4.78 is 0.927. The second kappa shape index (κ2) is 7.65. The van der Waals surface area contributed by atoms with E-state index in [1.807, 2.05) is 24.3 Å². The summed E-state index contributed by atoms with van der Waals surface area (Å²) in [6.07, 6.45) is 6.35. The number of hydrogen-bond donors (Lipinski definition) is 1. The minimum atomic E-state index is 0.0764. The fourth-order valence-electron chi connectivity index (χ4n) is 2.43. The summed E-state index contributed by atoms with van der Waals surface area (Å²) in [7, 11) is 0. The van der Waals surface area contributed by atoms with E-state index in [1.54, 1.807) is 0 Å². The molecule has 0 bridgehead atoms. The average Bonchev–Trinajstić information content (AvgIpc) is 2.35. The van der Waals surface area contributed by atoms with Gasteiger partial charge < -0.3 is 5.32 Å². The van der Waals surface area contributed by atoms with Crippen LogP contribution in [0.25, 0.3) is 0 Å². The zero-order valence-corrected chi connectivity index (χ0v) is 12.8. The van der Waals surface area contributed by atoms with Gasteiger partial charge in [0.15, 0.2) is 0 Å². The normalized spacial score (nSPS) is 17.5. The van der Waals surface area contributed by atoms with Crippen molar-refractivity contribution in [2.75, 3.05) is 25.0 Å². The maximum atomic E-state index is 12.1. The number of rotatable bonds is 3. The molecule has 1 aliphatic heterocycles. The van der Waals surface area contributed by atoms with E-state index < -0.39 is 0 Å². The lowest BCUT2D eigenvalue weighted by Gasteiger charge is -2.23. The number of benzene rings is 1. The summed E-state index contributed by atoms with van der Waals surface area (Å²) in [4.78, 5) is 14.3. The zero-order valence-electron chi connectivity index (χ0n) is 11.2. The van der Waals surface area contributed by atoms with Crippen molar-refractivity contribution in [3.05, 3.63) is 28.7 Å². The number of nitrogens with one attached hydrogen (secondary N) is 1. The van der Waals surface area contributed by atoms with Crippen molar-refractivity contribution in [1.29, 1.82) is 0 Å². The molecule has 1 amide bonds. The molecular formula is C15H21BrN2O. The number of anilines is 1. The van der Waals surface area contributed by atoms with Gasteiger partial charge in [-0.3, -0.25) is 9.69 Å². The number of carbonyl (C=O) groups is 1. The average molecular weight is 325 g/mol. The lowest BCUT2D eigenvalue weighted by molar-refractivity contribution is -0.117. The van der Waals surface area contributed by atoms with E-state index in [1.165, 1.54) is 32.1 Å². The third kappa shape index (κ3) is 4.96. The van der Waals surface area contributed by atoms with E-state index >= 15 is 0 Å². The molecule has 0 aromatic heterocycles. The van der Waals surface area contributed by atoms with Crippen LogP contribution in [0.15, 0.2) is 28.7 Å². The van der Waals surface area contributed by atoms with Crippen LogP contribution < -0.4 is 5.32 Å². The predicted molar refractivity (Wildman–Crippen MR) is 82.3 cm³/mol. The highest BCUT2D eigenvalue weighted by molar-refractivity contribution is 9.10. The number of halogens is 1. The summed E-state index contributed by atoms with van der Waals surface area (Å²) in [5.41, 5.74) is 0.847. The fraction of sp³-hybridized carbons (Fsp3) is 0.533. The molecule has 104 valence electrons. The Kier molecular flexibility index (Phi) is 5.86. The summed E-state index contributed by atoms with van der Waals surface area (Å²) in [5.74, 6) is 0.0764. The second-order valence-corrected chi connectivity index (χ2v) is 5.93. The first-order chi connectivity index (χ1) is 9.25. The van der Waals surface area contributed by atoms with Crippen molar-refractivity contribution in [1.82, 2.24) is 4.90 Å². The molecule has 0 saturated carbocycles. The summed E-state index contributed by atoms with van der Waals surface area (Å²) >= 11 is 3.44. The Morgan fingerprint density at radius 3 is 2.42 bits per heavy atom. The first-order valence-electron chi connectivity index (χ1n) is 7.02. The van der Waals surface area contributed by atoms with Gasteiger partial charge in [-0.05, 0) is 54.0 Å². The monoisotopic (exact) mass is 324 g/mol. The summed E-state index contributed by atoms with van der Waals surface area (Å²) in [5, 5.41) is 2.97. The Balaban J connectivity index is 1.84. The van der Waals surface area contributed by atoms with Crippen LogP contribution in [0.4, 0.5) is 5.69 Å². The molecule has 3 nitrogen and oxygen atoms in total. The van der Waals surface area contributed by atoms with E-state index in [4.69, 9.17) is 0 Å². The summed E-state index contributed by atoms with van der Waals surface area (Å²) in [6, 6.07) is 7.72. The van der Waals surface area contributed by atoms with Gasteiger partial charge in [-0.2, -0.15) is 0 Å². The SMILES string of the molecule is O=C(CN1CCCCCCC1)Nc1ccccc1Br. The van der Waals surface area contributed by atoms with E-state index in [0.29, 0.717) is 6.54 Å². The Bertz CT molecular complexity index is 414. The molecule has 0 aliphatic carbocycles. The molecule has 0 atom stereocenters. The second-order valence-electron chi connectivity index (χ2n) is 5.07. The van der Waals surface area contributed by atoms with E-state index in [9.17, 15) is 4.79 Å². The third-order valence-electron chi connectivity index (χ3n) is 3.46. The van der Waals surface area contributed by atoms with Crippen LogP contribution in [-0.2, 0) is 4.79 Å². The van der Waals surface area contributed by atoms with Gasteiger partial charge in [0.05, 0.1) is 12.2 Å². The summed E-state index contributed by atoms with van der Waals surface area (Å²) in [6.45, 7) is 2.59. The van der Waals surface area contributed by atoms with Crippen molar-refractivity contribution >= 4 is 27.5 Å². The Morgan fingerprint density at radius 2 is 1.74 bits per heavy atom. The Labute approximate surface area is 123 Å². The highest BCUT2D eigenvalue weighted by Gasteiger charge is 2.13. The van der Waals surface area contributed by atoms with Crippen LogP contribution in [0.3, 0.4) is 0 Å². The van der Waals surface area contributed by atoms with E-state index in [2.05, 4.69) is 26.1 Å². The zero-order chi connectivity index (χ0) is 13.5. The molecule has 4 heteroatoms. The highest BCUT2D eigenvalue weighted by atomic mass is 79.9.